The van der Waals surface area contributed by atoms with E-state index >= 15 is 0 Å². The topological polar surface area (TPSA) is 22.4 Å². The molecule has 0 saturated heterocycles. The summed E-state index contributed by atoms with van der Waals surface area (Å²) in [7, 11) is 0. The molecule has 60 valence electrons. The van der Waals surface area contributed by atoms with Crippen molar-refractivity contribution in [2.45, 2.75) is 13.8 Å². The third-order valence-corrected chi connectivity index (χ3v) is 1.52. The molecule has 0 radical (unpaired) electrons. The zero-order valence-electron chi connectivity index (χ0n) is 6.89. The molecule has 0 aliphatic carbocycles. The van der Waals surface area contributed by atoms with Crippen LogP contribution in [0.4, 0.5) is 0 Å². The molecule has 0 N–H and O–H groups in total. The Labute approximate surface area is 66.5 Å². The summed E-state index contributed by atoms with van der Waals surface area (Å²) in [4.78, 5) is 0. The predicted molar refractivity (Wildman–Crippen MR) is 44.7 cm³/mol. The molecular weight excluding hydrogens is 140 g/mol. The molecule has 0 atom stereocenters. The van der Waals surface area contributed by atoms with E-state index < -0.39 is 0 Å². The number of rotatable bonds is 3. The average molecular weight is 152 g/mol. The third-order valence-electron chi connectivity index (χ3n) is 1.52. The van der Waals surface area contributed by atoms with E-state index in [0.717, 1.165) is 17.1 Å². The number of hydrogen-bond acceptors (Lipinski definition) is 2. The van der Waals surface area contributed by atoms with Gasteiger partial charge in [-0.2, -0.15) is 0 Å². The smallest absolute Gasteiger partial charge is 0.160 e. The van der Waals surface area contributed by atoms with Crippen LogP contribution in [0.5, 0.6) is 5.75 Å². The van der Waals surface area contributed by atoms with Gasteiger partial charge >= 0.3 is 0 Å². The Kier molecular flexibility index (Phi) is 2.36. The van der Waals surface area contributed by atoms with Gasteiger partial charge in [0.25, 0.3) is 0 Å². The zero-order valence-corrected chi connectivity index (χ0v) is 6.89. The third kappa shape index (κ3) is 1.45. The molecule has 2 heteroatoms. The lowest BCUT2D eigenvalue weighted by atomic mass is 10.2. The van der Waals surface area contributed by atoms with Crippen LogP contribution >= 0.6 is 0 Å². The van der Waals surface area contributed by atoms with Crippen LogP contribution in [0, 0.1) is 6.92 Å². The van der Waals surface area contributed by atoms with Gasteiger partial charge in [-0.05, 0) is 19.9 Å². The first-order valence-electron chi connectivity index (χ1n) is 3.63. The summed E-state index contributed by atoms with van der Waals surface area (Å²) >= 11 is 0. The molecule has 1 aromatic heterocycles. The Morgan fingerprint density at radius 1 is 1.73 bits per heavy atom. The van der Waals surface area contributed by atoms with Crippen molar-refractivity contribution >= 4 is 6.08 Å². The minimum atomic E-state index is 0.664. The van der Waals surface area contributed by atoms with Gasteiger partial charge in [-0.25, -0.2) is 0 Å². The summed E-state index contributed by atoms with van der Waals surface area (Å²) in [6.07, 6.45) is 3.29. The van der Waals surface area contributed by atoms with Crippen LogP contribution in [0.15, 0.2) is 17.3 Å². The number of ether oxygens (including phenoxy) is 1. The molecule has 0 fully saturated rings. The van der Waals surface area contributed by atoms with Gasteiger partial charge in [0.2, 0.25) is 0 Å². The summed E-state index contributed by atoms with van der Waals surface area (Å²) in [5.74, 6) is 1.59. The zero-order chi connectivity index (χ0) is 8.27. The largest absolute Gasteiger partial charge is 0.490 e. The first-order chi connectivity index (χ1) is 5.29. The van der Waals surface area contributed by atoms with Crippen molar-refractivity contribution in [3.8, 4) is 5.75 Å². The van der Waals surface area contributed by atoms with E-state index in [1.54, 1.807) is 12.3 Å². The van der Waals surface area contributed by atoms with Gasteiger partial charge < -0.3 is 9.15 Å². The Balaban J connectivity index is 2.90. The molecule has 0 aromatic carbocycles. The fourth-order valence-corrected chi connectivity index (χ4v) is 0.914. The second-order valence-electron chi connectivity index (χ2n) is 2.23. The van der Waals surface area contributed by atoms with E-state index in [2.05, 4.69) is 6.58 Å². The van der Waals surface area contributed by atoms with Gasteiger partial charge in [-0.1, -0.05) is 6.58 Å². The minimum Gasteiger partial charge on any atom is -0.490 e. The van der Waals surface area contributed by atoms with Crippen LogP contribution in [-0.4, -0.2) is 6.61 Å². The highest BCUT2D eigenvalue weighted by molar-refractivity contribution is 5.49. The summed E-state index contributed by atoms with van der Waals surface area (Å²) in [6, 6.07) is 0. The van der Waals surface area contributed by atoms with Crippen molar-refractivity contribution < 1.29 is 9.15 Å². The summed E-state index contributed by atoms with van der Waals surface area (Å²) < 4.78 is 10.4. The van der Waals surface area contributed by atoms with Crippen LogP contribution in [-0.2, 0) is 0 Å². The van der Waals surface area contributed by atoms with Gasteiger partial charge in [-0.3, -0.25) is 0 Å². The van der Waals surface area contributed by atoms with Crippen molar-refractivity contribution in [3.63, 3.8) is 0 Å². The first kappa shape index (κ1) is 7.92. The van der Waals surface area contributed by atoms with E-state index in [4.69, 9.17) is 9.15 Å². The number of hydrogen-bond donors (Lipinski definition) is 0. The van der Waals surface area contributed by atoms with Crippen molar-refractivity contribution in [3.05, 3.63) is 24.2 Å². The van der Waals surface area contributed by atoms with Crippen LogP contribution in [0.3, 0.4) is 0 Å². The van der Waals surface area contributed by atoms with Gasteiger partial charge in [0.05, 0.1) is 6.61 Å². The molecular formula is C9H12O2. The molecule has 0 amide bonds. The Bertz CT molecular complexity index is 248. The van der Waals surface area contributed by atoms with E-state index in [0.29, 0.717) is 6.61 Å². The predicted octanol–water partition coefficient (Wildman–Crippen LogP) is 2.63. The van der Waals surface area contributed by atoms with Crippen molar-refractivity contribution in [2.24, 2.45) is 0 Å². The normalized spacial score (nSPS) is 9.64. The average Bonchev–Trinajstić information content (AvgIpc) is 2.34. The SMILES string of the molecule is C=Cc1occ(OCC)c1C. The van der Waals surface area contributed by atoms with E-state index in [9.17, 15) is 0 Å². The molecule has 0 spiro atoms. The van der Waals surface area contributed by atoms with Crippen molar-refractivity contribution in [1.82, 2.24) is 0 Å². The maximum absolute atomic E-state index is 5.28. The lowest BCUT2D eigenvalue weighted by molar-refractivity contribution is 0.334. The Morgan fingerprint density at radius 2 is 2.45 bits per heavy atom. The second-order valence-corrected chi connectivity index (χ2v) is 2.23. The maximum atomic E-state index is 5.28. The maximum Gasteiger partial charge on any atom is 0.160 e. The summed E-state index contributed by atoms with van der Waals surface area (Å²) in [5, 5.41) is 0. The van der Waals surface area contributed by atoms with E-state index in [-0.39, 0.29) is 0 Å². The molecule has 2 nitrogen and oxygen atoms in total. The lowest BCUT2D eigenvalue weighted by Crippen LogP contribution is -1.90. The molecule has 0 bridgehead atoms. The fraction of sp³-hybridized carbons (Fsp3) is 0.333. The van der Waals surface area contributed by atoms with Gasteiger partial charge in [0.1, 0.15) is 12.0 Å². The van der Waals surface area contributed by atoms with Gasteiger partial charge in [0, 0.05) is 5.56 Å². The minimum absolute atomic E-state index is 0.664. The van der Waals surface area contributed by atoms with Crippen LogP contribution in [0.25, 0.3) is 6.08 Å². The van der Waals surface area contributed by atoms with Gasteiger partial charge in [-0.15, -0.1) is 0 Å². The fourth-order valence-electron chi connectivity index (χ4n) is 0.914. The molecule has 0 unspecified atom stereocenters. The van der Waals surface area contributed by atoms with E-state index in [1.165, 1.54) is 0 Å². The Morgan fingerprint density at radius 3 is 2.91 bits per heavy atom. The molecule has 1 heterocycles. The molecule has 1 rings (SSSR count). The highest BCUT2D eigenvalue weighted by atomic mass is 16.5. The monoisotopic (exact) mass is 152 g/mol. The molecule has 0 saturated carbocycles. The quantitative estimate of drug-likeness (QED) is 0.664. The molecule has 0 aliphatic rings. The number of furan rings is 1. The standard InChI is InChI=1S/C9H12O2/c1-4-8-7(3)9(6-11-8)10-5-2/h4,6H,1,5H2,2-3H3. The van der Waals surface area contributed by atoms with Crippen LogP contribution < -0.4 is 4.74 Å². The lowest BCUT2D eigenvalue weighted by Gasteiger charge is -1.98. The highest BCUT2D eigenvalue weighted by Gasteiger charge is 2.05. The highest BCUT2D eigenvalue weighted by Crippen LogP contribution is 2.24. The summed E-state index contributed by atoms with van der Waals surface area (Å²) in [6.45, 7) is 8.17. The summed E-state index contributed by atoms with van der Waals surface area (Å²) in [5.41, 5.74) is 1.02. The van der Waals surface area contributed by atoms with Gasteiger partial charge in [0.15, 0.2) is 5.75 Å². The molecule has 11 heavy (non-hydrogen) atoms. The molecule has 0 aliphatic heterocycles. The van der Waals surface area contributed by atoms with E-state index in [1.807, 2.05) is 13.8 Å². The Hall–Kier alpha value is -1.18. The van der Waals surface area contributed by atoms with Crippen molar-refractivity contribution in [1.29, 1.82) is 0 Å². The second kappa shape index (κ2) is 3.28. The first-order valence-corrected chi connectivity index (χ1v) is 3.63. The van der Waals surface area contributed by atoms with Crippen molar-refractivity contribution in [2.75, 3.05) is 6.61 Å². The molecule has 1 aromatic rings. The van der Waals surface area contributed by atoms with Crippen LogP contribution in [0.1, 0.15) is 18.2 Å². The van der Waals surface area contributed by atoms with Crippen LogP contribution in [0.2, 0.25) is 0 Å².